The topological polar surface area (TPSA) is 34.0 Å². The molecule has 0 aliphatic carbocycles. The molecule has 0 radical (unpaired) electrons. The van der Waals surface area contributed by atoms with Gasteiger partial charge in [-0.05, 0) is 113 Å². The lowest BCUT2D eigenvalue weighted by molar-refractivity contribution is 1.18. The second-order valence-electron chi connectivity index (χ2n) is 12.3. The second kappa shape index (κ2) is 12.7. The van der Waals surface area contributed by atoms with E-state index in [0.717, 1.165) is 45.3 Å². The molecule has 9 aromatic rings. The van der Waals surface area contributed by atoms with Crippen molar-refractivity contribution in [2.75, 3.05) is 4.90 Å². The average molecular weight is 641 g/mol. The van der Waals surface area contributed by atoms with Gasteiger partial charge in [-0.15, -0.1) is 0 Å². The first-order valence-corrected chi connectivity index (χ1v) is 16.8. The Bertz CT molecular complexity index is 2520. The first-order chi connectivity index (χ1) is 24.8. The molecule has 0 spiro atoms. The van der Waals surface area contributed by atoms with E-state index in [1.807, 2.05) is 24.4 Å². The van der Waals surface area contributed by atoms with Crippen molar-refractivity contribution in [2.24, 2.45) is 0 Å². The van der Waals surface area contributed by atoms with E-state index in [4.69, 9.17) is 0 Å². The van der Waals surface area contributed by atoms with Crippen LogP contribution in [-0.4, -0.2) is 14.5 Å². The Hall–Kier alpha value is -6.78. The summed E-state index contributed by atoms with van der Waals surface area (Å²) in [4.78, 5) is 11.3. The molecule has 9 rings (SSSR count). The molecule has 6 aromatic carbocycles. The molecule has 4 heteroatoms. The largest absolute Gasteiger partial charge is 0.311 e. The highest BCUT2D eigenvalue weighted by molar-refractivity contribution is 6.10. The number of hydrogen-bond acceptors (Lipinski definition) is 3. The van der Waals surface area contributed by atoms with E-state index in [2.05, 4.69) is 183 Å². The number of nitrogens with zero attached hydrogens (tertiary/aromatic N) is 4. The fourth-order valence-electron chi connectivity index (χ4n) is 6.90. The van der Waals surface area contributed by atoms with Gasteiger partial charge < -0.3 is 9.47 Å². The number of aromatic nitrogens is 3. The molecule has 4 nitrogen and oxygen atoms in total. The van der Waals surface area contributed by atoms with Crippen molar-refractivity contribution in [3.8, 4) is 39.3 Å². The molecular weight excluding hydrogens is 609 g/mol. The summed E-state index contributed by atoms with van der Waals surface area (Å²) in [6.07, 6.45) is 3.66. The van der Waals surface area contributed by atoms with Crippen LogP contribution < -0.4 is 4.90 Å². The number of para-hydroxylation sites is 3. The van der Waals surface area contributed by atoms with Gasteiger partial charge in [0.15, 0.2) is 0 Å². The molecule has 0 bridgehead atoms. The van der Waals surface area contributed by atoms with Gasteiger partial charge in [0.05, 0.1) is 22.4 Å². The molecule has 0 fully saturated rings. The maximum Gasteiger partial charge on any atom is 0.0892 e. The van der Waals surface area contributed by atoms with Gasteiger partial charge >= 0.3 is 0 Å². The Labute approximate surface area is 291 Å². The van der Waals surface area contributed by atoms with Gasteiger partial charge in [0.2, 0.25) is 0 Å². The van der Waals surface area contributed by atoms with E-state index in [1.165, 1.54) is 32.9 Å². The lowest BCUT2D eigenvalue weighted by atomic mass is 10.0. The number of hydrogen-bond donors (Lipinski definition) is 0. The van der Waals surface area contributed by atoms with Crippen LogP contribution in [0.3, 0.4) is 0 Å². The summed E-state index contributed by atoms with van der Waals surface area (Å²) in [6.45, 7) is 0. The summed E-state index contributed by atoms with van der Waals surface area (Å²) in [5, 5.41) is 2.47. The molecule has 0 N–H and O–H groups in total. The van der Waals surface area contributed by atoms with E-state index in [-0.39, 0.29) is 0 Å². The van der Waals surface area contributed by atoms with Crippen LogP contribution in [0.2, 0.25) is 0 Å². The second-order valence-corrected chi connectivity index (χ2v) is 12.3. The van der Waals surface area contributed by atoms with Crippen molar-refractivity contribution in [3.05, 3.63) is 194 Å². The van der Waals surface area contributed by atoms with E-state index >= 15 is 0 Å². The molecule has 0 saturated heterocycles. The van der Waals surface area contributed by atoms with Crippen LogP contribution in [0, 0.1) is 0 Å². The quantitative estimate of drug-likeness (QED) is 0.174. The zero-order valence-corrected chi connectivity index (χ0v) is 27.3. The van der Waals surface area contributed by atoms with Gasteiger partial charge in [-0.1, -0.05) is 91.0 Å². The predicted octanol–water partition coefficient (Wildman–Crippen LogP) is 12.0. The molecule has 3 aromatic heterocycles. The summed E-state index contributed by atoms with van der Waals surface area (Å²) in [6, 6.07) is 64.3. The predicted molar refractivity (Wildman–Crippen MR) is 207 cm³/mol. The van der Waals surface area contributed by atoms with E-state index in [9.17, 15) is 0 Å². The highest BCUT2D eigenvalue weighted by Crippen LogP contribution is 2.38. The number of rotatable bonds is 7. The van der Waals surface area contributed by atoms with Crippen molar-refractivity contribution in [1.82, 2.24) is 14.5 Å². The molecule has 236 valence electrons. The maximum atomic E-state index is 4.56. The van der Waals surface area contributed by atoms with Crippen LogP contribution in [0.15, 0.2) is 194 Å². The van der Waals surface area contributed by atoms with Crippen LogP contribution in [0.4, 0.5) is 17.1 Å². The van der Waals surface area contributed by atoms with Gasteiger partial charge in [-0.25, -0.2) is 0 Å². The third-order valence-corrected chi connectivity index (χ3v) is 9.31. The SMILES string of the molecule is c1ccc(N(c2ccccc2)c2ccc(-c3ccc4c(c3)c3ccccc3n4-c3ccc(-c4ccnc(-c5ccccn5)c4)cc3)cc2)cc1. The van der Waals surface area contributed by atoms with Gasteiger partial charge in [0, 0.05) is 45.9 Å². The molecule has 0 amide bonds. The third kappa shape index (κ3) is 5.39. The summed E-state index contributed by atoms with van der Waals surface area (Å²) in [5.74, 6) is 0. The Morgan fingerprint density at radius 2 is 0.920 bits per heavy atom. The fraction of sp³-hybridized carbons (Fsp3) is 0. The number of anilines is 3. The number of benzene rings is 6. The lowest BCUT2D eigenvalue weighted by Gasteiger charge is -2.25. The zero-order valence-electron chi connectivity index (χ0n) is 27.3. The highest BCUT2D eigenvalue weighted by atomic mass is 15.1. The molecule has 0 saturated carbocycles. The summed E-state index contributed by atoms with van der Waals surface area (Å²) in [7, 11) is 0. The summed E-state index contributed by atoms with van der Waals surface area (Å²) < 4.78 is 2.37. The highest BCUT2D eigenvalue weighted by Gasteiger charge is 2.15. The first-order valence-electron chi connectivity index (χ1n) is 16.8. The van der Waals surface area contributed by atoms with Gasteiger partial charge in [0.25, 0.3) is 0 Å². The normalized spacial score (nSPS) is 11.2. The molecule has 0 unspecified atom stereocenters. The van der Waals surface area contributed by atoms with Crippen molar-refractivity contribution >= 4 is 38.9 Å². The monoisotopic (exact) mass is 640 g/mol. The van der Waals surface area contributed by atoms with Crippen LogP contribution in [0.5, 0.6) is 0 Å². The fourth-order valence-corrected chi connectivity index (χ4v) is 6.90. The van der Waals surface area contributed by atoms with Crippen LogP contribution >= 0.6 is 0 Å². The van der Waals surface area contributed by atoms with Crippen LogP contribution in [0.1, 0.15) is 0 Å². The molecule has 0 atom stereocenters. The lowest BCUT2D eigenvalue weighted by Crippen LogP contribution is -2.09. The van der Waals surface area contributed by atoms with Gasteiger partial charge in [-0.2, -0.15) is 0 Å². The number of fused-ring (bicyclic) bond motifs is 3. The summed E-state index contributed by atoms with van der Waals surface area (Å²) >= 11 is 0. The molecular formula is C46H32N4. The van der Waals surface area contributed by atoms with E-state index < -0.39 is 0 Å². The van der Waals surface area contributed by atoms with E-state index in [1.54, 1.807) is 6.20 Å². The standard InChI is InChI=1S/C46H32N4/c1-3-11-37(12-4-1)49(38-13-5-2-6-14-38)39-23-18-33(19-24-39)35-22-27-46-42(31-35)41-15-7-8-17-45(41)50(46)40-25-20-34(21-26-40)36-28-30-48-44(32-36)43-16-9-10-29-47-43/h1-32H. The molecule has 3 heterocycles. The Morgan fingerprint density at radius 3 is 1.62 bits per heavy atom. The smallest absolute Gasteiger partial charge is 0.0892 e. The zero-order chi connectivity index (χ0) is 33.3. The minimum Gasteiger partial charge on any atom is -0.311 e. The average Bonchev–Trinajstić information content (AvgIpc) is 3.53. The maximum absolute atomic E-state index is 4.56. The van der Waals surface area contributed by atoms with Crippen LogP contribution in [0.25, 0.3) is 61.1 Å². The van der Waals surface area contributed by atoms with Crippen molar-refractivity contribution in [2.45, 2.75) is 0 Å². The van der Waals surface area contributed by atoms with Crippen molar-refractivity contribution in [3.63, 3.8) is 0 Å². The van der Waals surface area contributed by atoms with Gasteiger partial charge in [-0.3, -0.25) is 9.97 Å². The Balaban J connectivity index is 1.07. The number of pyridine rings is 2. The van der Waals surface area contributed by atoms with Crippen molar-refractivity contribution in [1.29, 1.82) is 0 Å². The molecule has 0 aliphatic rings. The van der Waals surface area contributed by atoms with Crippen LogP contribution in [-0.2, 0) is 0 Å². The Kier molecular flexibility index (Phi) is 7.45. The first kappa shape index (κ1) is 29.4. The van der Waals surface area contributed by atoms with Gasteiger partial charge in [0.1, 0.15) is 0 Å². The minimum atomic E-state index is 0.865. The molecule has 0 aliphatic heterocycles. The summed E-state index contributed by atoms with van der Waals surface area (Å²) in [5.41, 5.74) is 13.2. The van der Waals surface area contributed by atoms with E-state index in [0.29, 0.717) is 0 Å². The minimum absolute atomic E-state index is 0.865. The third-order valence-electron chi connectivity index (χ3n) is 9.31. The Morgan fingerprint density at radius 1 is 0.360 bits per heavy atom. The van der Waals surface area contributed by atoms with Crippen molar-refractivity contribution < 1.29 is 0 Å². The molecule has 50 heavy (non-hydrogen) atoms.